The molecule has 1 aliphatic rings. The number of carbonyl (C=O) groups excluding carboxylic acids is 1. The Morgan fingerprint density at radius 2 is 1.74 bits per heavy atom. The fourth-order valence-electron chi connectivity index (χ4n) is 4.01. The number of piperazine rings is 1. The molecule has 3 aromatic carbocycles. The fourth-order valence-corrected chi connectivity index (χ4v) is 4.95. The highest BCUT2D eigenvalue weighted by Crippen LogP contribution is 2.33. The number of methoxy groups -OCH3 is 1. The van der Waals surface area contributed by atoms with Gasteiger partial charge in [-0.1, -0.05) is 42.1 Å². The van der Waals surface area contributed by atoms with E-state index in [0.29, 0.717) is 36.6 Å². The van der Waals surface area contributed by atoms with Gasteiger partial charge < -0.3 is 9.64 Å². The predicted molar refractivity (Wildman–Crippen MR) is 132 cm³/mol. The van der Waals surface area contributed by atoms with Crippen molar-refractivity contribution in [3.63, 3.8) is 0 Å². The molecule has 3 aromatic rings. The van der Waals surface area contributed by atoms with Gasteiger partial charge >= 0.3 is 0 Å². The van der Waals surface area contributed by atoms with E-state index >= 15 is 0 Å². The van der Waals surface area contributed by atoms with Gasteiger partial charge in [-0.15, -0.1) is 0 Å². The van der Waals surface area contributed by atoms with Crippen molar-refractivity contribution < 1.29 is 14.5 Å². The molecule has 0 unspecified atom stereocenters. The van der Waals surface area contributed by atoms with Crippen molar-refractivity contribution in [1.82, 2.24) is 9.80 Å². The molecule has 8 nitrogen and oxygen atoms in total. The van der Waals surface area contributed by atoms with E-state index in [4.69, 9.17) is 4.74 Å². The summed E-state index contributed by atoms with van der Waals surface area (Å²) in [5, 5.41) is 21.2. The third-order valence-corrected chi connectivity index (χ3v) is 6.98. The quantitative estimate of drug-likeness (QED) is 0.349. The highest BCUT2D eigenvalue weighted by atomic mass is 32.2. The number of hydrogen-bond acceptors (Lipinski definition) is 7. The number of rotatable bonds is 7. The third kappa shape index (κ3) is 5.62. The van der Waals surface area contributed by atoms with Crippen molar-refractivity contribution in [1.29, 1.82) is 5.26 Å². The topological polar surface area (TPSA) is 99.7 Å². The summed E-state index contributed by atoms with van der Waals surface area (Å²) in [4.78, 5) is 29.7. The first-order valence-corrected chi connectivity index (χ1v) is 11.9. The van der Waals surface area contributed by atoms with E-state index in [-0.39, 0.29) is 11.6 Å². The van der Waals surface area contributed by atoms with E-state index in [0.717, 1.165) is 16.2 Å². The Hall–Kier alpha value is -3.87. The number of non-ortho nitro benzene ring substituents is 1. The number of nitro groups is 1. The maximum absolute atomic E-state index is 13.5. The molecule has 0 aromatic heterocycles. The Morgan fingerprint density at radius 3 is 2.34 bits per heavy atom. The van der Waals surface area contributed by atoms with Crippen LogP contribution in [0.2, 0.25) is 0 Å². The van der Waals surface area contributed by atoms with Gasteiger partial charge in [0.05, 0.1) is 23.7 Å². The molecule has 4 rings (SSSR count). The fraction of sp³-hybridized carbons (Fsp3) is 0.231. The molecule has 0 bridgehead atoms. The Morgan fingerprint density at radius 1 is 1.06 bits per heavy atom. The largest absolute Gasteiger partial charge is 0.497 e. The van der Waals surface area contributed by atoms with Crippen LogP contribution >= 0.6 is 11.8 Å². The van der Waals surface area contributed by atoms with E-state index in [9.17, 15) is 20.2 Å². The summed E-state index contributed by atoms with van der Waals surface area (Å²) in [6.45, 7) is 1.88. The lowest BCUT2D eigenvalue weighted by atomic mass is 10.0. The molecule has 0 radical (unpaired) electrons. The van der Waals surface area contributed by atoms with Gasteiger partial charge in [-0.25, -0.2) is 0 Å². The van der Waals surface area contributed by atoms with Crippen molar-refractivity contribution >= 4 is 23.4 Å². The highest BCUT2D eigenvalue weighted by molar-refractivity contribution is 7.99. The average Bonchev–Trinajstić information content (AvgIpc) is 2.90. The lowest BCUT2D eigenvalue weighted by Gasteiger charge is -2.37. The zero-order valence-electron chi connectivity index (χ0n) is 19.2. The summed E-state index contributed by atoms with van der Waals surface area (Å²) >= 11 is 1.40. The van der Waals surface area contributed by atoms with Gasteiger partial charge in [-0.05, 0) is 35.9 Å². The normalized spacial score (nSPS) is 14.7. The second-order valence-corrected chi connectivity index (χ2v) is 9.10. The zero-order valence-corrected chi connectivity index (χ0v) is 20.0. The van der Waals surface area contributed by atoms with Crippen LogP contribution in [-0.4, -0.2) is 53.9 Å². The van der Waals surface area contributed by atoms with Crippen LogP contribution in [0, 0.1) is 21.4 Å². The molecule has 1 atom stereocenters. The van der Waals surface area contributed by atoms with E-state index in [2.05, 4.69) is 6.07 Å². The van der Waals surface area contributed by atoms with Gasteiger partial charge in [0.1, 0.15) is 11.8 Å². The van der Waals surface area contributed by atoms with Crippen LogP contribution < -0.4 is 4.74 Å². The molecule has 0 spiro atoms. The van der Waals surface area contributed by atoms with Gasteiger partial charge in [0.25, 0.3) is 11.6 Å². The molecular formula is C26H24N4O4S. The smallest absolute Gasteiger partial charge is 0.270 e. The molecule has 0 aliphatic carbocycles. The minimum Gasteiger partial charge on any atom is -0.497 e. The number of carbonyl (C=O) groups is 1. The predicted octanol–water partition coefficient (Wildman–Crippen LogP) is 4.78. The second-order valence-electron chi connectivity index (χ2n) is 7.99. The van der Waals surface area contributed by atoms with Gasteiger partial charge in [-0.3, -0.25) is 19.8 Å². The Bertz CT molecular complexity index is 1240. The van der Waals surface area contributed by atoms with Crippen LogP contribution in [0.1, 0.15) is 22.0 Å². The Balaban J connectivity index is 1.50. The number of nitriles is 1. The molecule has 0 N–H and O–H groups in total. The van der Waals surface area contributed by atoms with Crippen LogP contribution in [0.15, 0.2) is 82.6 Å². The second kappa shape index (κ2) is 11.0. The molecule has 9 heteroatoms. The summed E-state index contributed by atoms with van der Waals surface area (Å²) in [6.07, 6.45) is 0. The molecule has 1 amide bonds. The summed E-state index contributed by atoms with van der Waals surface area (Å²) in [7, 11) is 1.60. The first kappa shape index (κ1) is 24.3. The van der Waals surface area contributed by atoms with Crippen molar-refractivity contribution in [3.8, 4) is 11.8 Å². The molecule has 1 aliphatic heterocycles. The lowest BCUT2D eigenvalue weighted by molar-refractivity contribution is -0.384. The SMILES string of the molecule is COc1ccc([C@@H](C#N)N2CCN(C(=O)c3cc([N+](=O)[O-])ccc3Sc3ccccc3)CC2)cc1. The van der Waals surface area contributed by atoms with Crippen LogP contribution in [0.5, 0.6) is 5.75 Å². The van der Waals surface area contributed by atoms with Gasteiger partial charge in [0.2, 0.25) is 0 Å². The number of ether oxygens (including phenoxy) is 1. The molecule has 1 fully saturated rings. The van der Waals surface area contributed by atoms with Crippen LogP contribution in [-0.2, 0) is 0 Å². The van der Waals surface area contributed by atoms with Gasteiger partial charge in [0.15, 0.2) is 0 Å². The first-order chi connectivity index (χ1) is 17.0. The minimum atomic E-state index is -0.488. The van der Waals surface area contributed by atoms with Gasteiger partial charge in [-0.2, -0.15) is 5.26 Å². The van der Waals surface area contributed by atoms with Crippen molar-refractivity contribution in [2.75, 3.05) is 33.3 Å². The Kier molecular flexibility index (Phi) is 7.65. The standard InChI is InChI=1S/C26H24N4O4S/c1-34-21-10-7-19(8-11-21)24(18-27)28-13-15-29(16-14-28)26(31)23-17-20(30(32)33)9-12-25(23)35-22-5-3-2-4-6-22/h2-12,17,24H,13-16H2,1H3/t24-/m1/s1. The molecule has 178 valence electrons. The van der Waals surface area contributed by atoms with Crippen LogP contribution in [0.25, 0.3) is 0 Å². The van der Waals surface area contributed by atoms with Crippen molar-refractivity contribution in [3.05, 3.63) is 94.0 Å². The molecule has 0 saturated carbocycles. The number of benzene rings is 3. The number of amides is 1. The minimum absolute atomic E-state index is 0.117. The molecule has 1 saturated heterocycles. The van der Waals surface area contributed by atoms with E-state index in [1.54, 1.807) is 18.1 Å². The summed E-state index contributed by atoms with van der Waals surface area (Å²) < 4.78 is 5.20. The van der Waals surface area contributed by atoms with Gasteiger partial charge in [0, 0.05) is 48.1 Å². The van der Waals surface area contributed by atoms with Crippen molar-refractivity contribution in [2.45, 2.75) is 15.8 Å². The van der Waals surface area contributed by atoms with E-state index in [1.807, 2.05) is 59.5 Å². The molecular weight excluding hydrogens is 464 g/mol. The summed E-state index contributed by atoms with van der Waals surface area (Å²) in [6, 6.07) is 23.3. The third-order valence-electron chi connectivity index (χ3n) is 5.90. The number of nitro benzene ring substituents is 1. The van der Waals surface area contributed by atoms with E-state index < -0.39 is 11.0 Å². The van der Waals surface area contributed by atoms with E-state index in [1.165, 1.54) is 23.9 Å². The van der Waals surface area contributed by atoms with Crippen LogP contribution in [0.3, 0.4) is 0 Å². The molecule has 1 heterocycles. The molecule has 35 heavy (non-hydrogen) atoms. The van der Waals surface area contributed by atoms with Crippen LogP contribution in [0.4, 0.5) is 5.69 Å². The highest BCUT2D eigenvalue weighted by Gasteiger charge is 2.29. The number of nitrogens with zero attached hydrogens (tertiary/aromatic N) is 4. The maximum atomic E-state index is 13.5. The summed E-state index contributed by atoms with van der Waals surface area (Å²) in [5.74, 6) is 0.478. The average molecular weight is 489 g/mol. The number of hydrogen-bond donors (Lipinski definition) is 0. The Labute approximate surface area is 207 Å². The first-order valence-electron chi connectivity index (χ1n) is 11.1. The summed E-state index contributed by atoms with van der Waals surface area (Å²) in [5.41, 5.74) is 1.07. The maximum Gasteiger partial charge on any atom is 0.270 e. The lowest BCUT2D eigenvalue weighted by Crippen LogP contribution is -2.49. The van der Waals surface area contributed by atoms with Crippen molar-refractivity contribution in [2.24, 2.45) is 0 Å². The monoisotopic (exact) mass is 488 g/mol. The zero-order chi connectivity index (χ0) is 24.8.